The maximum absolute atomic E-state index is 12.0. The van der Waals surface area contributed by atoms with Gasteiger partial charge < -0.3 is 9.55 Å². The van der Waals surface area contributed by atoms with Gasteiger partial charge in [-0.25, -0.2) is 0 Å². The quantitative estimate of drug-likeness (QED) is 0.396. The Morgan fingerprint density at radius 2 is 2.00 bits per heavy atom. The average molecular weight is 449 g/mol. The number of carbonyl (C=O) groups is 2. The first-order valence-electron chi connectivity index (χ1n) is 8.02. The molecule has 27 heavy (non-hydrogen) atoms. The van der Waals surface area contributed by atoms with Gasteiger partial charge >= 0.3 is 0 Å². The maximum Gasteiger partial charge on any atom is 0.286 e. The van der Waals surface area contributed by atoms with Crippen LogP contribution in [0.25, 0.3) is 0 Å². The van der Waals surface area contributed by atoms with Crippen LogP contribution < -0.4 is 10.9 Å². The number of aromatic nitrogens is 4. The summed E-state index contributed by atoms with van der Waals surface area (Å²) >= 11 is 4.50. The second-order valence-corrected chi connectivity index (χ2v) is 7.48. The third kappa shape index (κ3) is 5.20. The van der Waals surface area contributed by atoms with E-state index in [4.69, 9.17) is 0 Å². The maximum atomic E-state index is 12.0. The first kappa shape index (κ1) is 19.2. The average Bonchev–Trinajstić information content (AvgIpc) is 3.25. The van der Waals surface area contributed by atoms with E-state index in [1.54, 1.807) is 12.3 Å². The third-order valence-corrected chi connectivity index (χ3v) is 5.05. The minimum absolute atomic E-state index is 0.0988. The molecule has 1 aromatic carbocycles. The van der Waals surface area contributed by atoms with Gasteiger partial charge in [-0.2, -0.15) is 0 Å². The largest absolute Gasteiger partial charge is 0.356 e. The number of nitrogens with one attached hydrogen (secondary N) is 3. The van der Waals surface area contributed by atoms with Crippen molar-refractivity contribution in [3.63, 3.8) is 0 Å². The standard InChI is InChI=1S/C17H17BrN6O2S/c1-11-20-23-17(24(11)9-12-5-3-2-4-6-12)27-10-15(25)21-22-16(26)14-7-13(18)8-19-14/h2-8,19H,9-10H2,1H3,(H,21,25)(H,22,26). The molecule has 0 spiro atoms. The molecule has 2 amide bonds. The Kier molecular flexibility index (Phi) is 6.30. The zero-order chi connectivity index (χ0) is 19.2. The van der Waals surface area contributed by atoms with E-state index < -0.39 is 5.91 Å². The molecule has 0 saturated heterocycles. The Labute approximate surface area is 168 Å². The number of aryl methyl sites for hydroxylation is 1. The van der Waals surface area contributed by atoms with Gasteiger partial charge in [0.1, 0.15) is 11.5 Å². The molecule has 10 heteroatoms. The van der Waals surface area contributed by atoms with Crippen LogP contribution in [-0.4, -0.2) is 37.3 Å². The van der Waals surface area contributed by atoms with E-state index in [9.17, 15) is 9.59 Å². The number of carbonyl (C=O) groups excluding carboxylic acids is 2. The van der Waals surface area contributed by atoms with Crippen LogP contribution in [0.15, 0.2) is 52.2 Å². The molecule has 0 unspecified atom stereocenters. The lowest BCUT2D eigenvalue weighted by atomic mass is 10.2. The fourth-order valence-electron chi connectivity index (χ4n) is 2.28. The van der Waals surface area contributed by atoms with Crippen molar-refractivity contribution in [2.24, 2.45) is 0 Å². The van der Waals surface area contributed by atoms with Crippen molar-refractivity contribution >= 4 is 39.5 Å². The van der Waals surface area contributed by atoms with Crippen LogP contribution in [0.4, 0.5) is 0 Å². The van der Waals surface area contributed by atoms with Crippen LogP contribution in [-0.2, 0) is 11.3 Å². The summed E-state index contributed by atoms with van der Waals surface area (Å²) in [5.41, 5.74) is 6.21. The Balaban J connectivity index is 1.52. The Morgan fingerprint density at radius 3 is 2.70 bits per heavy atom. The van der Waals surface area contributed by atoms with E-state index in [-0.39, 0.29) is 11.7 Å². The summed E-state index contributed by atoms with van der Waals surface area (Å²) < 4.78 is 2.70. The Bertz CT molecular complexity index is 940. The highest BCUT2D eigenvalue weighted by Gasteiger charge is 2.13. The number of hydrogen-bond donors (Lipinski definition) is 3. The molecule has 0 aliphatic rings. The minimum Gasteiger partial charge on any atom is -0.356 e. The van der Waals surface area contributed by atoms with Gasteiger partial charge in [0.25, 0.3) is 5.91 Å². The van der Waals surface area contributed by atoms with E-state index in [0.29, 0.717) is 17.4 Å². The molecular formula is C17H17BrN6O2S. The summed E-state index contributed by atoms with van der Waals surface area (Å²) in [5.74, 6) is 0.0992. The number of rotatable bonds is 6. The van der Waals surface area contributed by atoms with Crippen molar-refractivity contribution in [1.82, 2.24) is 30.6 Å². The fraction of sp³-hybridized carbons (Fsp3) is 0.176. The Morgan fingerprint density at radius 1 is 1.22 bits per heavy atom. The van der Waals surface area contributed by atoms with Gasteiger partial charge in [0.05, 0.1) is 12.3 Å². The second-order valence-electron chi connectivity index (χ2n) is 5.62. The fourth-order valence-corrected chi connectivity index (χ4v) is 3.40. The summed E-state index contributed by atoms with van der Waals surface area (Å²) in [6.45, 7) is 2.50. The number of halogens is 1. The minimum atomic E-state index is -0.429. The van der Waals surface area contributed by atoms with Crippen LogP contribution in [0.5, 0.6) is 0 Å². The highest BCUT2D eigenvalue weighted by Crippen LogP contribution is 2.18. The second kappa shape index (κ2) is 8.87. The van der Waals surface area contributed by atoms with Gasteiger partial charge in [-0.05, 0) is 34.5 Å². The molecule has 0 aliphatic carbocycles. The predicted molar refractivity (Wildman–Crippen MR) is 105 cm³/mol. The number of H-pyrrole nitrogens is 1. The van der Waals surface area contributed by atoms with Crippen molar-refractivity contribution in [2.75, 3.05) is 5.75 Å². The molecule has 0 aliphatic heterocycles. The molecule has 8 nitrogen and oxygen atoms in total. The van der Waals surface area contributed by atoms with Gasteiger partial charge in [0.15, 0.2) is 5.16 Å². The van der Waals surface area contributed by atoms with Gasteiger partial charge in [0, 0.05) is 10.7 Å². The zero-order valence-corrected chi connectivity index (χ0v) is 16.8. The topological polar surface area (TPSA) is 105 Å². The molecule has 140 valence electrons. The SMILES string of the molecule is Cc1nnc(SCC(=O)NNC(=O)c2cc(Br)c[nH]2)n1Cc1ccccc1. The number of hydrogen-bond acceptors (Lipinski definition) is 5. The first-order valence-corrected chi connectivity index (χ1v) is 9.80. The molecule has 0 atom stereocenters. The van der Waals surface area contributed by atoms with Crippen LogP contribution >= 0.6 is 27.7 Å². The van der Waals surface area contributed by atoms with Crippen LogP contribution in [0, 0.1) is 6.92 Å². The summed E-state index contributed by atoms with van der Waals surface area (Å²) in [5, 5.41) is 8.86. The number of hydrazine groups is 1. The van der Waals surface area contributed by atoms with E-state index >= 15 is 0 Å². The predicted octanol–water partition coefficient (Wildman–Crippen LogP) is 2.28. The highest BCUT2D eigenvalue weighted by atomic mass is 79.9. The molecule has 2 heterocycles. The van der Waals surface area contributed by atoms with Crippen molar-refractivity contribution in [3.8, 4) is 0 Å². The van der Waals surface area contributed by atoms with Crippen molar-refractivity contribution in [3.05, 3.63) is 64.1 Å². The number of nitrogens with zero attached hydrogens (tertiary/aromatic N) is 3. The van der Waals surface area contributed by atoms with Gasteiger partial charge in [0.2, 0.25) is 5.91 Å². The van der Waals surface area contributed by atoms with E-state index in [2.05, 4.69) is 42.0 Å². The molecule has 3 N–H and O–H groups in total. The summed E-state index contributed by atoms with van der Waals surface area (Å²) in [6.07, 6.45) is 1.63. The molecule has 0 saturated carbocycles. The third-order valence-electron chi connectivity index (χ3n) is 3.63. The number of aromatic amines is 1. The molecular weight excluding hydrogens is 432 g/mol. The number of amides is 2. The lowest BCUT2D eigenvalue weighted by molar-refractivity contribution is -0.119. The lowest BCUT2D eigenvalue weighted by Gasteiger charge is -2.09. The highest BCUT2D eigenvalue weighted by molar-refractivity contribution is 9.10. The molecule has 0 radical (unpaired) electrons. The summed E-state index contributed by atoms with van der Waals surface area (Å²) in [6, 6.07) is 11.6. The van der Waals surface area contributed by atoms with E-state index in [1.165, 1.54) is 11.8 Å². The Hall–Kier alpha value is -2.59. The van der Waals surface area contributed by atoms with Crippen LogP contribution in [0.3, 0.4) is 0 Å². The monoisotopic (exact) mass is 448 g/mol. The van der Waals surface area contributed by atoms with Gasteiger partial charge in [-0.3, -0.25) is 20.4 Å². The summed E-state index contributed by atoms with van der Waals surface area (Å²) in [7, 11) is 0. The number of benzene rings is 1. The van der Waals surface area contributed by atoms with E-state index in [1.807, 2.05) is 41.8 Å². The molecule has 0 bridgehead atoms. The summed E-state index contributed by atoms with van der Waals surface area (Å²) in [4.78, 5) is 26.7. The van der Waals surface area contributed by atoms with Gasteiger partial charge in [-0.1, -0.05) is 42.1 Å². The zero-order valence-electron chi connectivity index (χ0n) is 14.4. The molecule has 3 aromatic rings. The van der Waals surface area contributed by atoms with E-state index in [0.717, 1.165) is 15.9 Å². The van der Waals surface area contributed by atoms with Crippen LogP contribution in [0.1, 0.15) is 21.9 Å². The molecule has 0 fully saturated rings. The van der Waals surface area contributed by atoms with Crippen molar-refractivity contribution < 1.29 is 9.59 Å². The van der Waals surface area contributed by atoms with Crippen molar-refractivity contribution in [1.29, 1.82) is 0 Å². The van der Waals surface area contributed by atoms with Gasteiger partial charge in [-0.15, -0.1) is 10.2 Å². The lowest BCUT2D eigenvalue weighted by Crippen LogP contribution is -2.42. The number of thioether (sulfide) groups is 1. The molecule has 3 rings (SSSR count). The first-order chi connectivity index (χ1) is 13.0. The van der Waals surface area contributed by atoms with Crippen LogP contribution in [0.2, 0.25) is 0 Å². The van der Waals surface area contributed by atoms with Crippen molar-refractivity contribution in [2.45, 2.75) is 18.6 Å². The normalized spacial score (nSPS) is 10.6. The smallest absolute Gasteiger partial charge is 0.286 e. The molecule has 2 aromatic heterocycles.